The van der Waals surface area contributed by atoms with Crippen LogP contribution in [0.1, 0.15) is 194 Å². The zero-order valence-corrected chi connectivity index (χ0v) is 33.8. The number of unbranched alkanes of at least 4 members (excludes halogenated alkanes) is 23. The molecule has 0 aromatic carbocycles. The maximum absolute atomic E-state index is 12.7. The number of hydrogen-bond acceptors (Lipinski definition) is 10. The van der Waals surface area contributed by atoms with Crippen molar-refractivity contribution >= 4 is 11.9 Å². The number of allylic oxidation sites excluding steroid dienone is 2. The van der Waals surface area contributed by atoms with E-state index in [-0.39, 0.29) is 32.0 Å². The fraction of sp³-hybridized carbons (Fsp3) is 0.907. The van der Waals surface area contributed by atoms with Gasteiger partial charge < -0.3 is 39.4 Å². The molecule has 0 amide bonds. The second kappa shape index (κ2) is 34.9. The molecule has 1 saturated heterocycles. The fourth-order valence-corrected chi connectivity index (χ4v) is 6.65. The number of ether oxygens (including phenoxy) is 4. The van der Waals surface area contributed by atoms with Crippen molar-refractivity contribution < 1.29 is 49.0 Å². The Morgan fingerprint density at radius 2 is 1.00 bits per heavy atom. The van der Waals surface area contributed by atoms with Gasteiger partial charge in [0, 0.05) is 12.8 Å². The molecule has 0 aliphatic carbocycles. The number of aliphatic hydroxyl groups excluding tert-OH is 4. The fourth-order valence-electron chi connectivity index (χ4n) is 6.65. The van der Waals surface area contributed by atoms with Gasteiger partial charge >= 0.3 is 11.9 Å². The smallest absolute Gasteiger partial charge is 0.306 e. The third-order valence-corrected chi connectivity index (χ3v) is 10.2. The van der Waals surface area contributed by atoms with Crippen LogP contribution < -0.4 is 0 Å². The minimum atomic E-state index is -1.59. The van der Waals surface area contributed by atoms with Gasteiger partial charge in [-0.3, -0.25) is 9.59 Å². The molecule has 0 radical (unpaired) electrons. The van der Waals surface area contributed by atoms with Gasteiger partial charge in [0.15, 0.2) is 12.4 Å². The minimum absolute atomic E-state index is 0.217. The monoisotopic (exact) mass is 757 g/mol. The molecule has 2 unspecified atom stereocenters. The van der Waals surface area contributed by atoms with Crippen molar-refractivity contribution in [1.82, 2.24) is 0 Å². The molecule has 1 aliphatic rings. The van der Waals surface area contributed by atoms with Gasteiger partial charge in [-0.2, -0.15) is 0 Å². The first kappa shape index (κ1) is 49.5. The molecule has 1 heterocycles. The Bertz CT molecular complexity index is 881. The molecular formula is C43H80O10. The molecule has 6 atom stereocenters. The molecule has 0 aromatic rings. The summed E-state index contributed by atoms with van der Waals surface area (Å²) in [5, 5.41) is 40.0. The van der Waals surface area contributed by atoms with Crippen molar-refractivity contribution in [3.8, 4) is 0 Å². The summed E-state index contributed by atoms with van der Waals surface area (Å²) in [5.41, 5.74) is 0. The van der Waals surface area contributed by atoms with E-state index < -0.39 is 49.4 Å². The first-order valence-corrected chi connectivity index (χ1v) is 21.8. The highest BCUT2D eigenvalue weighted by Gasteiger charge is 2.44. The number of hydrogen-bond donors (Lipinski definition) is 4. The van der Waals surface area contributed by atoms with Crippen molar-refractivity contribution in [2.45, 2.75) is 230 Å². The van der Waals surface area contributed by atoms with Gasteiger partial charge in [-0.05, 0) is 38.5 Å². The Morgan fingerprint density at radius 3 is 1.49 bits per heavy atom. The van der Waals surface area contributed by atoms with E-state index in [0.717, 1.165) is 57.8 Å². The third-order valence-electron chi connectivity index (χ3n) is 10.2. The Morgan fingerprint density at radius 1 is 0.566 bits per heavy atom. The van der Waals surface area contributed by atoms with Crippen molar-refractivity contribution in [2.24, 2.45) is 0 Å². The van der Waals surface area contributed by atoms with E-state index in [9.17, 15) is 30.0 Å². The van der Waals surface area contributed by atoms with Gasteiger partial charge in [-0.25, -0.2) is 0 Å². The summed E-state index contributed by atoms with van der Waals surface area (Å²) in [6.07, 6.45) is 27.9. The highest BCUT2D eigenvalue weighted by molar-refractivity contribution is 5.70. The molecule has 0 bridgehead atoms. The number of carbonyl (C=O) groups is 2. The molecule has 312 valence electrons. The summed E-state index contributed by atoms with van der Waals surface area (Å²) in [7, 11) is 0. The summed E-state index contributed by atoms with van der Waals surface area (Å²) in [5.74, 6) is -0.809. The molecule has 1 aliphatic heterocycles. The van der Waals surface area contributed by atoms with Crippen LogP contribution in [0.5, 0.6) is 0 Å². The lowest BCUT2D eigenvalue weighted by molar-refractivity contribution is -0.305. The predicted molar refractivity (Wildman–Crippen MR) is 210 cm³/mol. The zero-order valence-electron chi connectivity index (χ0n) is 33.8. The Balaban J connectivity index is 2.34. The molecule has 10 nitrogen and oxygen atoms in total. The SMILES string of the molecule is CCCCCC/C=C/CCCCCCCC(=O)OC[C@H](CO[C@@H]1O[C@H](CO)[C@H](O)C(O)C1O)OC(=O)CCCCCCCCCCCCCCCCC. The maximum atomic E-state index is 12.7. The van der Waals surface area contributed by atoms with E-state index in [1.807, 2.05) is 0 Å². The summed E-state index contributed by atoms with van der Waals surface area (Å²) in [6, 6.07) is 0. The molecule has 0 spiro atoms. The summed E-state index contributed by atoms with van der Waals surface area (Å²) < 4.78 is 22.1. The third kappa shape index (κ3) is 26.8. The second-order valence-electron chi connectivity index (χ2n) is 15.2. The Kier molecular flexibility index (Phi) is 32.6. The number of carbonyl (C=O) groups excluding carboxylic acids is 2. The quantitative estimate of drug-likeness (QED) is 0.0277. The zero-order chi connectivity index (χ0) is 38.8. The standard InChI is InChI=1S/C43H80O10/c1-3-5-7-9-11-13-15-17-18-20-22-24-26-28-30-32-39(46)52-36(35-51-43-42(49)41(48)40(47)37(33-44)53-43)34-50-38(45)31-29-27-25-23-21-19-16-14-12-10-8-6-4-2/h14,16,36-37,40-44,47-49H,3-13,15,17-35H2,1-2H3/b16-14+/t36-,37-,40+,41?,42?,43-/m1/s1. The molecule has 0 aromatic heterocycles. The van der Waals surface area contributed by atoms with Gasteiger partial charge in [0.25, 0.3) is 0 Å². The lowest BCUT2D eigenvalue weighted by Gasteiger charge is -2.39. The van der Waals surface area contributed by atoms with Crippen molar-refractivity contribution in [1.29, 1.82) is 0 Å². The van der Waals surface area contributed by atoms with Crippen LogP contribution in [0.25, 0.3) is 0 Å². The van der Waals surface area contributed by atoms with E-state index in [0.29, 0.717) is 6.42 Å². The molecule has 1 fully saturated rings. The van der Waals surface area contributed by atoms with E-state index in [1.165, 1.54) is 103 Å². The average molecular weight is 757 g/mol. The Labute approximate surface area is 322 Å². The molecule has 4 N–H and O–H groups in total. The van der Waals surface area contributed by atoms with Gasteiger partial charge in [0.05, 0.1) is 13.2 Å². The number of rotatable bonds is 36. The van der Waals surface area contributed by atoms with Crippen LogP contribution in [0.4, 0.5) is 0 Å². The molecular weight excluding hydrogens is 676 g/mol. The molecule has 1 rings (SSSR count). The van der Waals surface area contributed by atoms with Crippen LogP contribution in [0, 0.1) is 0 Å². The summed E-state index contributed by atoms with van der Waals surface area (Å²) >= 11 is 0. The van der Waals surface area contributed by atoms with Crippen molar-refractivity contribution in [3.05, 3.63) is 12.2 Å². The first-order valence-electron chi connectivity index (χ1n) is 21.8. The topological polar surface area (TPSA) is 152 Å². The van der Waals surface area contributed by atoms with Crippen LogP contribution in [0.3, 0.4) is 0 Å². The first-order chi connectivity index (χ1) is 25.8. The van der Waals surface area contributed by atoms with Crippen LogP contribution in [0.2, 0.25) is 0 Å². The van der Waals surface area contributed by atoms with Crippen LogP contribution >= 0.6 is 0 Å². The van der Waals surface area contributed by atoms with Gasteiger partial charge in [0.2, 0.25) is 0 Å². The van der Waals surface area contributed by atoms with E-state index >= 15 is 0 Å². The summed E-state index contributed by atoms with van der Waals surface area (Å²) in [6.45, 7) is 3.41. The number of esters is 2. The summed E-state index contributed by atoms with van der Waals surface area (Å²) in [4.78, 5) is 25.3. The van der Waals surface area contributed by atoms with Crippen LogP contribution in [-0.2, 0) is 28.5 Å². The molecule has 53 heavy (non-hydrogen) atoms. The van der Waals surface area contributed by atoms with Gasteiger partial charge in [-0.15, -0.1) is 0 Å². The van der Waals surface area contributed by atoms with Crippen molar-refractivity contribution in [2.75, 3.05) is 19.8 Å². The largest absolute Gasteiger partial charge is 0.462 e. The predicted octanol–water partition coefficient (Wildman–Crippen LogP) is 8.78. The second-order valence-corrected chi connectivity index (χ2v) is 15.2. The average Bonchev–Trinajstić information content (AvgIpc) is 3.15. The van der Waals surface area contributed by atoms with E-state index in [1.54, 1.807) is 0 Å². The van der Waals surface area contributed by atoms with E-state index in [2.05, 4.69) is 26.0 Å². The molecule has 0 saturated carbocycles. The maximum Gasteiger partial charge on any atom is 0.306 e. The lowest BCUT2D eigenvalue weighted by Crippen LogP contribution is -2.59. The van der Waals surface area contributed by atoms with Crippen molar-refractivity contribution in [3.63, 3.8) is 0 Å². The minimum Gasteiger partial charge on any atom is -0.462 e. The highest BCUT2D eigenvalue weighted by Crippen LogP contribution is 2.23. The van der Waals surface area contributed by atoms with Gasteiger partial charge in [0.1, 0.15) is 31.0 Å². The molecule has 10 heteroatoms. The Hall–Kier alpha value is -1.56. The van der Waals surface area contributed by atoms with Gasteiger partial charge in [-0.1, -0.05) is 154 Å². The van der Waals surface area contributed by atoms with Crippen LogP contribution in [0.15, 0.2) is 12.2 Å². The highest BCUT2D eigenvalue weighted by atomic mass is 16.7. The number of aliphatic hydroxyl groups is 4. The lowest BCUT2D eigenvalue weighted by atomic mass is 9.99. The normalized spacial score (nSPS) is 20.9. The van der Waals surface area contributed by atoms with E-state index in [4.69, 9.17) is 18.9 Å². The van der Waals surface area contributed by atoms with Crippen LogP contribution in [-0.4, -0.2) is 89.0 Å².